The van der Waals surface area contributed by atoms with E-state index in [4.69, 9.17) is 25.8 Å². The molecule has 1 heterocycles. The summed E-state index contributed by atoms with van der Waals surface area (Å²) in [6, 6.07) is 28.2. The van der Waals surface area contributed by atoms with Gasteiger partial charge in [0.1, 0.15) is 12.4 Å². The summed E-state index contributed by atoms with van der Waals surface area (Å²) >= 11 is 6.08. The first-order chi connectivity index (χ1) is 20.2. The molecule has 0 saturated carbocycles. The van der Waals surface area contributed by atoms with E-state index in [0.29, 0.717) is 29.5 Å². The van der Waals surface area contributed by atoms with Gasteiger partial charge in [-0.1, -0.05) is 93.0 Å². The van der Waals surface area contributed by atoms with E-state index in [1.54, 1.807) is 48.5 Å². The van der Waals surface area contributed by atoms with Crippen molar-refractivity contribution in [2.24, 2.45) is 5.41 Å². The van der Waals surface area contributed by atoms with Gasteiger partial charge in [-0.15, -0.1) is 0 Å². The Morgan fingerprint density at radius 3 is 2.29 bits per heavy atom. The summed E-state index contributed by atoms with van der Waals surface area (Å²) in [5.41, 5.74) is 1.98. The Bertz CT molecular complexity index is 1550. The molecule has 42 heavy (non-hydrogen) atoms. The average molecular weight is 586 g/mol. The van der Waals surface area contributed by atoms with Crippen molar-refractivity contribution in [3.63, 3.8) is 0 Å². The van der Waals surface area contributed by atoms with Crippen LogP contribution in [-0.4, -0.2) is 35.7 Å². The quantitative estimate of drug-likeness (QED) is 0.204. The molecule has 1 aliphatic rings. The van der Waals surface area contributed by atoms with Crippen LogP contribution in [0.2, 0.25) is 5.02 Å². The second-order valence-corrected chi connectivity index (χ2v) is 12.2. The minimum absolute atomic E-state index is 0.0761. The summed E-state index contributed by atoms with van der Waals surface area (Å²) in [5, 5.41) is 2.73. The van der Waals surface area contributed by atoms with E-state index in [1.165, 1.54) is 10.8 Å². The molecule has 1 amide bonds. The third kappa shape index (κ3) is 7.12. The lowest BCUT2D eigenvalue weighted by atomic mass is 9.79. The largest absolute Gasteiger partial charge is 0.457 e. The molecule has 5 rings (SSSR count). The van der Waals surface area contributed by atoms with Crippen LogP contribution in [0, 0.1) is 5.41 Å². The van der Waals surface area contributed by atoms with Crippen LogP contribution >= 0.6 is 11.6 Å². The third-order valence-corrected chi connectivity index (χ3v) is 7.90. The summed E-state index contributed by atoms with van der Waals surface area (Å²) < 4.78 is 17.7. The van der Waals surface area contributed by atoms with Crippen LogP contribution in [0.1, 0.15) is 55.1 Å². The first-order valence-corrected chi connectivity index (χ1v) is 14.7. The molecule has 2 atom stereocenters. The van der Waals surface area contributed by atoms with Crippen LogP contribution in [0.3, 0.4) is 0 Å². The first-order valence-electron chi connectivity index (χ1n) is 14.3. The second kappa shape index (κ2) is 13.0. The molecular weight excluding hydrogens is 550 g/mol. The van der Waals surface area contributed by atoms with E-state index < -0.39 is 12.1 Å². The van der Waals surface area contributed by atoms with Crippen molar-refractivity contribution in [1.82, 2.24) is 4.90 Å². The molecule has 1 fully saturated rings. The molecule has 0 aromatic heterocycles. The Hall–Kier alpha value is -3.87. The van der Waals surface area contributed by atoms with Crippen LogP contribution < -0.4 is 4.74 Å². The van der Waals surface area contributed by atoms with Gasteiger partial charge in [0.05, 0.1) is 29.3 Å². The number of likely N-dealkylation sites (tertiary alicyclic amines) is 1. The van der Waals surface area contributed by atoms with Crippen molar-refractivity contribution in [1.29, 1.82) is 0 Å². The van der Waals surface area contributed by atoms with Gasteiger partial charge in [-0.3, -0.25) is 0 Å². The highest BCUT2D eigenvalue weighted by atomic mass is 35.5. The van der Waals surface area contributed by atoms with Crippen LogP contribution in [0.25, 0.3) is 10.8 Å². The zero-order valence-electron chi connectivity index (χ0n) is 24.2. The lowest BCUT2D eigenvalue weighted by Gasteiger charge is -2.47. The number of ether oxygens (including phenoxy) is 3. The number of carbonyl (C=O) groups excluding carboxylic acids is 2. The van der Waals surface area contributed by atoms with Gasteiger partial charge in [0, 0.05) is 6.54 Å². The minimum Gasteiger partial charge on any atom is -0.457 e. The van der Waals surface area contributed by atoms with Gasteiger partial charge in [-0.2, -0.15) is 0 Å². The first kappa shape index (κ1) is 29.6. The van der Waals surface area contributed by atoms with Crippen molar-refractivity contribution in [3.05, 3.63) is 113 Å². The number of halogens is 1. The van der Waals surface area contributed by atoms with Crippen molar-refractivity contribution >= 4 is 34.4 Å². The van der Waals surface area contributed by atoms with Gasteiger partial charge in [-0.25, -0.2) is 9.59 Å². The van der Waals surface area contributed by atoms with E-state index in [2.05, 4.69) is 51.1 Å². The Morgan fingerprint density at radius 1 is 0.857 bits per heavy atom. The van der Waals surface area contributed by atoms with E-state index in [-0.39, 0.29) is 24.2 Å². The number of hydrogen-bond donors (Lipinski definition) is 0. The highest BCUT2D eigenvalue weighted by Crippen LogP contribution is 2.35. The van der Waals surface area contributed by atoms with Gasteiger partial charge >= 0.3 is 12.1 Å². The normalized spacial score (nSPS) is 17.2. The molecule has 0 aliphatic carbocycles. The van der Waals surface area contributed by atoms with Crippen molar-refractivity contribution in [3.8, 4) is 5.75 Å². The van der Waals surface area contributed by atoms with Crippen LogP contribution in [0.4, 0.5) is 4.79 Å². The lowest BCUT2D eigenvalue weighted by Crippen LogP contribution is -2.58. The number of piperidine rings is 1. The average Bonchev–Trinajstić information content (AvgIpc) is 2.99. The second-order valence-electron chi connectivity index (χ2n) is 11.7. The van der Waals surface area contributed by atoms with Gasteiger partial charge < -0.3 is 19.1 Å². The van der Waals surface area contributed by atoms with Gasteiger partial charge in [0.25, 0.3) is 0 Å². The highest BCUT2D eigenvalue weighted by Gasteiger charge is 2.43. The molecule has 6 nitrogen and oxygen atoms in total. The zero-order chi connectivity index (χ0) is 29.7. The Labute approximate surface area is 252 Å². The zero-order valence-corrected chi connectivity index (χ0v) is 25.0. The standard InChI is InChI=1S/C35H36ClNO5/c1-35(2,3)32-31(40-23-25-14-17-26-9-4-5-10-27(26)21-25)13-8-20-37(32)34(39)42-28-18-15-24(16-19-28)22-41-33(38)29-11-6-7-12-30(29)36/h4-7,9-12,14-19,21,31-32H,8,13,20,22-23H2,1-3H3. The number of hydrogen-bond acceptors (Lipinski definition) is 5. The molecule has 4 aromatic rings. The molecule has 218 valence electrons. The summed E-state index contributed by atoms with van der Waals surface area (Å²) in [6.07, 6.45) is 1.19. The third-order valence-electron chi connectivity index (χ3n) is 7.57. The molecule has 1 saturated heterocycles. The van der Waals surface area contributed by atoms with E-state index >= 15 is 0 Å². The number of carbonyl (C=O) groups is 2. The van der Waals surface area contributed by atoms with Gasteiger partial charge in [-0.05, 0) is 70.5 Å². The Balaban J connectivity index is 1.20. The molecule has 0 spiro atoms. The van der Waals surface area contributed by atoms with Crippen molar-refractivity contribution < 1.29 is 23.8 Å². The maximum Gasteiger partial charge on any atom is 0.415 e. The molecule has 0 N–H and O–H groups in total. The number of amides is 1. The van der Waals surface area contributed by atoms with Crippen LogP contribution in [0.15, 0.2) is 91.0 Å². The summed E-state index contributed by atoms with van der Waals surface area (Å²) in [4.78, 5) is 27.6. The fraction of sp³-hybridized carbons (Fsp3) is 0.314. The molecule has 7 heteroatoms. The molecular formula is C35H36ClNO5. The Morgan fingerprint density at radius 2 is 1.55 bits per heavy atom. The fourth-order valence-corrected chi connectivity index (χ4v) is 5.78. The van der Waals surface area contributed by atoms with Crippen molar-refractivity contribution in [2.75, 3.05) is 6.54 Å². The fourth-order valence-electron chi connectivity index (χ4n) is 5.56. The maximum absolute atomic E-state index is 13.4. The molecule has 1 aliphatic heterocycles. The van der Waals surface area contributed by atoms with Gasteiger partial charge in [0.15, 0.2) is 0 Å². The Kier molecular flexibility index (Phi) is 9.15. The van der Waals surface area contributed by atoms with Crippen LogP contribution in [0.5, 0.6) is 5.75 Å². The highest BCUT2D eigenvalue weighted by molar-refractivity contribution is 6.33. The predicted molar refractivity (Wildman–Crippen MR) is 165 cm³/mol. The number of benzene rings is 4. The number of rotatable bonds is 7. The molecule has 0 radical (unpaired) electrons. The summed E-state index contributed by atoms with van der Waals surface area (Å²) in [5.74, 6) is -0.0696. The van der Waals surface area contributed by atoms with E-state index in [0.717, 1.165) is 24.0 Å². The van der Waals surface area contributed by atoms with Crippen molar-refractivity contribution in [2.45, 2.75) is 59.0 Å². The number of esters is 1. The number of fused-ring (bicyclic) bond motifs is 1. The predicted octanol–water partition coefficient (Wildman–Crippen LogP) is 8.44. The SMILES string of the molecule is CC(C)(C)C1C(OCc2ccc3ccccc3c2)CCCN1C(=O)Oc1ccc(COC(=O)c2ccccc2Cl)cc1. The van der Waals surface area contributed by atoms with Crippen LogP contribution in [-0.2, 0) is 22.7 Å². The minimum atomic E-state index is -0.494. The topological polar surface area (TPSA) is 65.1 Å². The lowest BCUT2D eigenvalue weighted by molar-refractivity contribution is -0.0760. The monoisotopic (exact) mass is 585 g/mol. The smallest absolute Gasteiger partial charge is 0.415 e. The number of nitrogens with zero attached hydrogens (tertiary/aromatic N) is 1. The maximum atomic E-state index is 13.4. The molecule has 2 unspecified atom stereocenters. The van der Waals surface area contributed by atoms with E-state index in [9.17, 15) is 9.59 Å². The molecule has 4 aromatic carbocycles. The van der Waals surface area contributed by atoms with E-state index in [1.807, 2.05) is 17.0 Å². The molecule has 0 bridgehead atoms. The van der Waals surface area contributed by atoms with Gasteiger partial charge in [0.2, 0.25) is 0 Å². The summed E-state index contributed by atoms with van der Waals surface area (Å²) in [6.45, 7) is 7.56. The summed E-state index contributed by atoms with van der Waals surface area (Å²) in [7, 11) is 0.